The third-order valence-electron chi connectivity index (χ3n) is 5.76. The quantitative estimate of drug-likeness (QED) is 0.410. The minimum atomic E-state index is -3.69. The summed E-state index contributed by atoms with van der Waals surface area (Å²) in [5.74, 6) is -0.839. The fraction of sp³-hybridized carbons (Fsp3) is 0.259. The predicted molar refractivity (Wildman–Crippen MR) is 141 cm³/mol. The summed E-state index contributed by atoms with van der Waals surface area (Å²) in [5, 5.41) is 3.37. The first-order valence-corrected chi connectivity index (χ1v) is 13.7. The number of hydrogen-bond donors (Lipinski definition) is 1. The molecular formula is C27H30ClN3O4S. The van der Waals surface area contributed by atoms with E-state index in [2.05, 4.69) is 5.32 Å². The smallest absolute Gasteiger partial charge is 0.242 e. The molecule has 3 aromatic rings. The molecule has 36 heavy (non-hydrogen) atoms. The molecule has 0 aliphatic carbocycles. The lowest BCUT2D eigenvalue weighted by Gasteiger charge is -2.31. The van der Waals surface area contributed by atoms with E-state index in [9.17, 15) is 18.0 Å². The largest absolute Gasteiger partial charge is 0.350 e. The molecule has 7 nitrogen and oxygen atoms in total. The van der Waals surface area contributed by atoms with E-state index >= 15 is 0 Å². The molecule has 0 saturated carbocycles. The fourth-order valence-corrected chi connectivity index (χ4v) is 4.58. The second-order valence-corrected chi connectivity index (χ2v) is 10.9. The Labute approximate surface area is 217 Å². The number of hydrogen-bond acceptors (Lipinski definition) is 4. The molecule has 190 valence electrons. The Hall–Kier alpha value is -3.20. The summed E-state index contributed by atoms with van der Waals surface area (Å²) in [6, 6.07) is 24.7. The van der Waals surface area contributed by atoms with Gasteiger partial charge in [-0.3, -0.25) is 9.59 Å². The molecule has 0 unspecified atom stereocenters. The van der Waals surface area contributed by atoms with Crippen molar-refractivity contribution in [2.24, 2.45) is 0 Å². The number of carbonyl (C=O) groups is 2. The molecule has 0 radical (unpaired) electrons. The van der Waals surface area contributed by atoms with Crippen LogP contribution in [0.5, 0.6) is 0 Å². The van der Waals surface area contributed by atoms with Gasteiger partial charge in [0.15, 0.2) is 0 Å². The van der Waals surface area contributed by atoms with Gasteiger partial charge in [0, 0.05) is 24.7 Å². The molecule has 1 N–H and O–H groups in total. The number of carbonyl (C=O) groups excluding carboxylic acids is 2. The van der Waals surface area contributed by atoms with Gasteiger partial charge in [0.2, 0.25) is 21.8 Å². The number of halogens is 1. The van der Waals surface area contributed by atoms with E-state index in [1.807, 2.05) is 60.7 Å². The van der Waals surface area contributed by atoms with Crippen LogP contribution in [0.3, 0.4) is 0 Å². The maximum absolute atomic E-state index is 13.5. The van der Waals surface area contributed by atoms with E-state index in [1.54, 1.807) is 31.2 Å². The number of sulfonamides is 1. The lowest BCUT2D eigenvalue weighted by molar-refractivity contribution is -0.140. The summed E-state index contributed by atoms with van der Waals surface area (Å²) in [6.07, 6.45) is 1.07. The van der Waals surface area contributed by atoms with Gasteiger partial charge < -0.3 is 10.2 Å². The van der Waals surface area contributed by atoms with Crippen LogP contribution in [0.15, 0.2) is 84.9 Å². The van der Waals surface area contributed by atoms with Crippen molar-refractivity contribution in [1.29, 1.82) is 0 Å². The van der Waals surface area contributed by atoms with Crippen LogP contribution in [-0.2, 0) is 39.2 Å². The van der Waals surface area contributed by atoms with Gasteiger partial charge in [0.25, 0.3) is 0 Å². The van der Waals surface area contributed by atoms with Crippen molar-refractivity contribution in [2.75, 3.05) is 12.8 Å². The summed E-state index contributed by atoms with van der Waals surface area (Å²) >= 11 is 6.20. The van der Waals surface area contributed by atoms with E-state index in [4.69, 9.17) is 11.6 Å². The van der Waals surface area contributed by atoms with Gasteiger partial charge >= 0.3 is 0 Å². The van der Waals surface area contributed by atoms with E-state index in [0.717, 1.165) is 27.3 Å². The highest BCUT2D eigenvalue weighted by Crippen LogP contribution is 2.16. The van der Waals surface area contributed by atoms with Crippen molar-refractivity contribution < 1.29 is 18.0 Å². The molecular weight excluding hydrogens is 498 g/mol. The number of rotatable bonds is 11. The first kappa shape index (κ1) is 27.4. The van der Waals surface area contributed by atoms with Gasteiger partial charge in [-0.25, -0.2) is 8.42 Å². The molecule has 0 aliphatic rings. The third-order valence-corrected chi connectivity index (χ3v) is 7.32. The van der Waals surface area contributed by atoms with Gasteiger partial charge in [-0.2, -0.15) is 4.31 Å². The maximum atomic E-state index is 13.5. The molecule has 1 atom stereocenters. The average Bonchev–Trinajstić information content (AvgIpc) is 2.86. The lowest BCUT2D eigenvalue weighted by Crippen LogP contribution is -2.50. The van der Waals surface area contributed by atoms with Crippen LogP contribution >= 0.6 is 11.6 Å². The Morgan fingerprint density at radius 1 is 0.861 bits per heavy atom. The number of amides is 2. The highest BCUT2D eigenvalue weighted by Gasteiger charge is 2.29. The van der Waals surface area contributed by atoms with Gasteiger partial charge in [-0.05, 0) is 29.7 Å². The molecule has 0 aliphatic heterocycles. The van der Waals surface area contributed by atoms with E-state index in [-0.39, 0.29) is 32.1 Å². The van der Waals surface area contributed by atoms with Crippen molar-refractivity contribution in [3.8, 4) is 0 Å². The molecule has 0 heterocycles. The maximum Gasteiger partial charge on any atom is 0.242 e. The normalized spacial score (nSPS) is 12.2. The summed E-state index contributed by atoms with van der Waals surface area (Å²) in [4.78, 5) is 27.9. The first-order valence-electron chi connectivity index (χ1n) is 11.5. The summed E-state index contributed by atoms with van der Waals surface area (Å²) in [5.41, 5.74) is 2.34. The SMILES string of the molecule is C[C@@H](C(=O)NCc1ccccc1Cl)N(Cc1ccccc1)C(=O)CN(Cc1ccccc1)S(C)(=O)=O. The van der Waals surface area contributed by atoms with E-state index in [0.29, 0.717) is 5.02 Å². The van der Waals surface area contributed by atoms with E-state index in [1.165, 1.54) is 4.90 Å². The molecule has 0 aromatic heterocycles. The molecule has 3 rings (SSSR count). The molecule has 0 bridgehead atoms. The molecule has 2 amide bonds. The molecule has 3 aromatic carbocycles. The number of benzene rings is 3. The number of nitrogens with one attached hydrogen (secondary N) is 1. The zero-order chi connectivity index (χ0) is 26.1. The van der Waals surface area contributed by atoms with Gasteiger partial charge in [-0.1, -0.05) is 90.5 Å². The third kappa shape index (κ3) is 7.91. The second kappa shape index (κ2) is 12.7. The minimum Gasteiger partial charge on any atom is -0.350 e. The summed E-state index contributed by atoms with van der Waals surface area (Å²) < 4.78 is 26.1. The standard InChI is InChI=1S/C27H30ClN3O4S/c1-21(27(33)29-17-24-15-9-10-16-25(24)28)31(19-23-13-7-4-8-14-23)26(32)20-30(36(2,34)35)18-22-11-5-3-6-12-22/h3-16,21H,17-20H2,1-2H3,(H,29,33)/t21-/m0/s1. The summed E-state index contributed by atoms with van der Waals surface area (Å²) in [7, 11) is -3.69. The van der Waals surface area contributed by atoms with Crippen LogP contribution in [0.2, 0.25) is 5.02 Å². The fourth-order valence-electron chi connectivity index (χ4n) is 3.65. The van der Waals surface area contributed by atoms with Gasteiger partial charge in [-0.15, -0.1) is 0 Å². The lowest BCUT2D eigenvalue weighted by atomic mass is 10.1. The Kier molecular flexibility index (Phi) is 9.64. The molecule has 0 spiro atoms. The van der Waals surface area contributed by atoms with Crippen molar-refractivity contribution in [3.63, 3.8) is 0 Å². The minimum absolute atomic E-state index is 0.0532. The molecule has 0 saturated heterocycles. The topological polar surface area (TPSA) is 86.8 Å². The van der Waals surface area contributed by atoms with Crippen LogP contribution in [-0.4, -0.2) is 48.3 Å². The Morgan fingerprint density at radius 3 is 1.94 bits per heavy atom. The second-order valence-electron chi connectivity index (χ2n) is 8.51. The molecule has 9 heteroatoms. The van der Waals surface area contributed by atoms with Crippen molar-refractivity contribution >= 4 is 33.4 Å². The zero-order valence-corrected chi connectivity index (χ0v) is 21.9. The zero-order valence-electron chi connectivity index (χ0n) is 20.3. The predicted octanol–water partition coefficient (Wildman–Crippen LogP) is 3.84. The van der Waals surface area contributed by atoms with Crippen LogP contribution < -0.4 is 5.32 Å². The Balaban J connectivity index is 1.79. The van der Waals surface area contributed by atoms with Crippen molar-refractivity contribution in [1.82, 2.24) is 14.5 Å². The van der Waals surface area contributed by atoms with E-state index < -0.39 is 22.0 Å². The Bertz CT molecular complexity index is 1270. The Morgan fingerprint density at radius 2 is 1.39 bits per heavy atom. The first-order chi connectivity index (χ1) is 17.1. The van der Waals surface area contributed by atoms with Gasteiger partial charge in [0.05, 0.1) is 12.8 Å². The average molecular weight is 528 g/mol. The van der Waals surface area contributed by atoms with Crippen LogP contribution in [0.4, 0.5) is 0 Å². The van der Waals surface area contributed by atoms with Crippen LogP contribution in [0.25, 0.3) is 0 Å². The highest BCUT2D eigenvalue weighted by molar-refractivity contribution is 7.88. The highest BCUT2D eigenvalue weighted by atomic mass is 35.5. The monoisotopic (exact) mass is 527 g/mol. The van der Waals surface area contributed by atoms with Crippen LogP contribution in [0.1, 0.15) is 23.6 Å². The van der Waals surface area contributed by atoms with Crippen molar-refractivity contribution in [2.45, 2.75) is 32.6 Å². The van der Waals surface area contributed by atoms with Crippen LogP contribution in [0, 0.1) is 0 Å². The summed E-state index contributed by atoms with van der Waals surface area (Å²) in [6.45, 7) is 1.66. The van der Waals surface area contributed by atoms with Crippen molar-refractivity contribution in [3.05, 3.63) is 107 Å². The van der Waals surface area contributed by atoms with Gasteiger partial charge in [0.1, 0.15) is 6.04 Å². The molecule has 0 fully saturated rings. The number of nitrogens with zero attached hydrogens (tertiary/aromatic N) is 2.